The average Bonchev–Trinajstić information content (AvgIpc) is 2.90. The van der Waals surface area contributed by atoms with Crippen LogP contribution < -0.4 is 10.6 Å². The molecule has 2 amide bonds. The van der Waals surface area contributed by atoms with Gasteiger partial charge in [-0.05, 0) is 66.1 Å². The van der Waals surface area contributed by atoms with E-state index in [9.17, 15) is 35.5 Å². The summed E-state index contributed by atoms with van der Waals surface area (Å²) in [6.07, 6.45) is -9.09. The minimum absolute atomic E-state index is 0.117. The molecule has 0 aliphatic rings. The Morgan fingerprint density at radius 2 is 1.50 bits per heavy atom. The summed E-state index contributed by atoms with van der Waals surface area (Å²) in [5.41, 5.74) is -4.84. The maximum absolute atomic E-state index is 14.3. The maximum atomic E-state index is 14.3. The number of urea groups is 1. The van der Waals surface area contributed by atoms with Gasteiger partial charge in [0, 0.05) is 18.3 Å². The first kappa shape index (κ1) is 28.6. The quantitative estimate of drug-likeness (QED) is 0.236. The molecule has 40 heavy (non-hydrogen) atoms. The van der Waals surface area contributed by atoms with E-state index in [0.29, 0.717) is 11.6 Å². The topological polar surface area (TPSA) is 54.0 Å². The predicted molar refractivity (Wildman–Crippen MR) is 135 cm³/mol. The maximum Gasteiger partial charge on any atom is 0.418 e. The molecule has 1 heterocycles. The van der Waals surface area contributed by atoms with Crippen LogP contribution in [-0.4, -0.2) is 11.0 Å². The Balaban J connectivity index is 1.96. The smallest absolute Gasteiger partial charge is 0.322 e. The molecule has 0 bridgehead atoms. The van der Waals surface area contributed by atoms with Gasteiger partial charge in [-0.2, -0.15) is 26.3 Å². The zero-order valence-corrected chi connectivity index (χ0v) is 20.9. The molecule has 0 aliphatic heterocycles. The lowest BCUT2D eigenvalue weighted by atomic mass is 9.78. The molecule has 4 nitrogen and oxygen atoms in total. The van der Waals surface area contributed by atoms with E-state index in [1.165, 1.54) is 25.1 Å². The third kappa shape index (κ3) is 6.24. The number of hydrogen-bond acceptors (Lipinski definition) is 2. The Bertz CT molecular complexity index is 1500. The first-order valence-corrected chi connectivity index (χ1v) is 11.9. The van der Waals surface area contributed by atoms with Crippen LogP contribution >= 0.6 is 0 Å². The second kappa shape index (κ2) is 11.0. The van der Waals surface area contributed by atoms with Crippen LogP contribution in [0.15, 0.2) is 91.1 Å². The normalized spacial score (nSPS) is 13.4. The van der Waals surface area contributed by atoms with Crippen molar-refractivity contribution in [3.8, 4) is 0 Å². The summed E-state index contributed by atoms with van der Waals surface area (Å²) in [6.45, 7) is 1.45. The second-order valence-corrected chi connectivity index (χ2v) is 9.09. The van der Waals surface area contributed by atoms with Gasteiger partial charge in [0.25, 0.3) is 0 Å². The Kier molecular flexibility index (Phi) is 7.86. The van der Waals surface area contributed by atoms with Crippen molar-refractivity contribution in [2.45, 2.75) is 31.2 Å². The highest BCUT2D eigenvalue weighted by Gasteiger charge is 2.46. The SMILES string of the molecule is Cc1cc(NC(=O)NC(Cc2ccccc2)(c2cccc(C(F)(F)F)c2)c2ncccc2C(F)(F)F)ccc1F. The van der Waals surface area contributed by atoms with Gasteiger partial charge in [-0.3, -0.25) is 4.98 Å². The molecule has 0 saturated carbocycles. The largest absolute Gasteiger partial charge is 0.418 e. The highest BCUT2D eigenvalue weighted by atomic mass is 19.4. The van der Waals surface area contributed by atoms with Crippen LogP contribution in [0.2, 0.25) is 0 Å². The number of nitrogens with one attached hydrogen (secondary N) is 2. The fraction of sp³-hybridized carbons (Fsp3) is 0.172. The van der Waals surface area contributed by atoms with E-state index in [1.807, 2.05) is 0 Å². The highest BCUT2D eigenvalue weighted by Crippen LogP contribution is 2.42. The minimum Gasteiger partial charge on any atom is -0.322 e. The van der Waals surface area contributed by atoms with Crippen molar-refractivity contribution in [2.75, 3.05) is 5.32 Å². The van der Waals surface area contributed by atoms with Gasteiger partial charge in [-0.25, -0.2) is 9.18 Å². The molecule has 11 heteroatoms. The predicted octanol–water partition coefficient (Wildman–Crippen LogP) is 7.87. The molecule has 1 aromatic heterocycles. The standard InChI is InChI=1S/C29H22F7N3O/c1-18-15-22(12-13-24(18)30)38-26(40)39-27(17-19-7-3-2-4-8-19,20-9-5-10-21(16-20)28(31,32)33)25-23(29(34,35)36)11-6-14-37-25/h2-16H,17H2,1H3,(H2,38,39,40). The van der Waals surface area contributed by atoms with E-state index in [2.05, 4.69) is 15.6 Å². The molecule has 0 fully saturated rings. The van der Waals surface area contributed by atoms with Crippen LogP contribution in [0.3, 0.4) is 0 Å². The van der Waals surface area contributed by atoms with Crippen LogP contribution in [-0.2, 0) is 24.3 Å². The lowest BCUT2D eigenvalue weighted by Crippen LogP contribution is -2.51. The summed E-state index contributed by atoms with van der Waals surface area (Å²) in [4.78, 5) is 17.3. The number of carbonyl (C=O) groups excluding carboxylic acids is 1. The van der Waals surface area contributed by atoms with E-state index >= 15 is 0 Å². The van der Waals surface area contributed by atoms with Gasteiger partial charge < -0.3 is 10.6 Å². The van der Waals surface area contributed by atoms with E-state index in [4.69, 9.17) is 0 Å². The number of aryl methyl sites for hydroxylation is 1. The number of hydrogen-bond donors (Lipinski definition) is 2. The monoisotopic (exact) mass is 561 g/mol. The second-order valence-electron chi connectivity index (χ2n) is 9.09. The molecular formula is C29H22F7N3O. The number of alkyl halides is 6. The summed E-state index contributed by atoms with van der Waals surface area (Å²) in [5.74, 6) is -0.545. The van der Waals surface area contributed by atoms with Crippen molar-refractivity contribution in [3.63, 3.8) is 0 Å². The number of nitrogens with zero attached hydrogens (tertiary/aromatic N) is 1. The third-order valence-electron chi connectivity index (χ3n) is 6.25. The Morgan fingerprint density at radius 3 is 2.15 bits per heavy atom. The summed E-state index contributed by atoms with van der Waals surface area (Å²) in [7, 11) is 0. The van der Waals surface area contributed by atoms with Gasteiger partial charge in [0.2, 0.25) is 0 Å². The highest BCUT2D eigenvalue weighted by molar-refractivity contribution is 5.90. The van der Waals surface area contributed by atoms with Gasteiger partial charge in [0.1, 0.15) is 11.4 Å². The summed E-state index contributed by atoms with van der Waals surface area (Å²) in [5, 5.41) is 4.96. The van der Waals surface area contributed by atoms with E-state index in [1.54, 1.807) is 30.3 Å². The number of anilines is 1. The lowest BCUT2D eigenvalue weighted by molar-refractivity contribution is -0.139. The fourth-order valence-electron chi connectivity index (χ4n) is 4.41. The average molecular weight is 562 g/mol. The molecule has 4 rings (SSSR count). The number of pyridine rings is 1. The Hall–Kier alpha value is -4.41. The van der Waals surface area contributed by atoms with Gasteiger partial charge >= 0.3 is 18.4 Å². The molecule has 3 aromatic carbocycles. The van der Waals surface area contributed by atoms with Gasteiger partial charge in [-0.1, -0.05) is 42.5 Å². The number of halogens is 7. The molecule has 2 N–H and O–H groups in total. The van der Waals surface area contributed by atoms with Crippen molar-refractivity contribution < 1.29 is 35.5 Å². The Morgan fingerprint density at radius 1 is 0.800 bits per heavy atom. The van der Waals surface area contributed by atoms with Crippen LogP contribution in [0.4, 0.5) is 41.2 Å². The third-order valence-corrected chi connectivity index (χ3v) is 6.25. The first-order valence-electron chi connectivity index (χ1n) is 11.9. The van der Waals surface area contributed by atoms with E-state index in [0.717, 1.165) is 36.5 Å². The van der Waals surface area contributed by atoms with E-state index in [-0.39, 0.29) is 23.2 Å². The van der Waals surface area contributed by atoms with Crippen LogP contribution in [0.25, 0.3) is 0 Å². The minimum atomic E-state index is -4.96. The van der Waals surface area contributed by atoms with Crippen molar-refractivity contribution in [2.24, 2.45) is 0 Å². The summed E-state index contributed by atoms with van der Waals surface area (Å²) in [6, 6.07) is 16.1. The first-order chi connectivity index (χ1) is 18.8. The van der Waals surface area contributed by atoms with Crippen LogP contribution in [0, 0.1) is 12.7 Å². The fourth-order valence-corrected chi connectivity index (χ4v) is 4.41. The molecule has 0 spiro atoms. The molecule has 0 saturated heterocycles. The van der Waals surface area contributed by atoms with Crippen molar-refractivity contribution in [1.82, 2.24) is 10.3 Å². The van der Waals surface area contributed by atoms with Gasteiger partial charge in [-0.15, -0.1) is 0 Å². The molecule has 208 valence electrons. The van der Waals surface area contributed by atoms with Crippen LogP contribution in [0.1, 0.15) is 33.5 Å². The lowest BCUT2D eigenvalue weighted by Gasteiger charge is -2.37. The molecule has 1 unspecified atom stereocenters. The Labute approximate surface area is 224 Å². The van der Waals surface area contributed by atoms with Gasteiger partial charge in [0.05, 0.1) is 16.8 Å². The summed E-state index contributed by atoms with van der Waals surface area (Å²) >= 11 is 0. The van der Waals surface area contributed by atoms with Crippen molar-refractivity contribution in [3.05, 3.63) is 130 Å². The van der Waals surface area contributed by atoms with E-state index < -0.39 is 46.6 Å². The number of rotatable bonds is 6. The van der Waals surface area contributed by atoms with Crippen LogP contribution in [0.5, 0.6) is 0 Å². The number of amides is 2. The number of carbonyl (C=O) groups is 1. The molecule has 1 atom stereocenters. The zero-order valence-electron chi connectivity index (χ0n) is 20.9. The van der Waals surface area contributed by atoms with Crippen molar-refractivity contribution >= 4 is 11.7 Å². The molecule has 4 aromatic rings. The zero-order chi connectivity index (χ0) is 29.1. The molecule has 0 radical (unpaired) electrons. The molecule has 0 aliphatic carbocycles. The molecular weight excluding hydrogens is 539 g/mol. The number of aromatic nitrogens is 1. The van der Waals surface area contributed by atoms with Crippen molar-refractivity contribution in [1.29, 1.82) is 0 Å². The summed E-state index contributed by atoms with van der Waals surface area (Å²) < 4.78 is 97.8. The number of benzene rings is 3. The van der Waals surface area contributed by atoms with Gasteiger partial charge in [0.15, 0.2) is 0 Å².